The van der Waals surface area contributed by atoms with Gasteiger partial charge in [0.1, 0.15) is 10.6 Å². The Hall–Kier alpha value is -1.40. The molecule has 0 bridgehead atoms. The van der Waals surface area contributed by atoms with E-state index in [0.29, 0.717) is 12.2 Å². The van der Waals surface area contributed by atoms with Crippen LogP contribution in [-0.2, 0) is 11.2 Å². The Morgan fingerprint density at radius 1 is 1.53 bits per heavy atom. The van der Waals surface area contributed by atoms with Crippen LogP contribution in [0.3, 0.4) is 0 Å². The number of anilines is 1. The van der Waals surface area contributed by atoms with Gasteiger partial charge in [-0.3, -0.25) is 0 Å². The Labute approximate surface area is 120 Å². The third kappa shape index (κ3) is 3.54. The van der Waals surface area contributed by atoms with Crippen LogP contribution in [0.5, 0.6) is 0 Å². The van der Waals surface area contributed by atoms with Crippen molar-refractivity contribution in [2.75, 3.05) is 18.5 Å². The zero-order valence-corrected chi connectivity index (χ0v) is 12.6. The number of ether oxygens (including phenoxy) is 1. The summed E-state index contributed by atoms with van der Waals surface area (Å²) in [6, 6.07) is 2.11. The third-order valence-electron chi connectivity index (χ3n) is 2.62. The van der Waals surface area contributed by atoms with Crippen LogP contribution in [0.25, 0.3) is 0 Å². The highest BCUT2D eigenvalue weighted by atomic mass is 32.1. The van der Waals surface area contributed by atoms with Gasteiger partial charge in [-0.15, -0.1) is 0 Å². The second kappa shape index (κ2) is 6.68. The first-order valence-corrected chi connectivity index (χ1v) is 7.82. The fourth-order valence-corrected chi connectivity index (χ4v) is 3.20. The molecule has 0 aliphatic rings. The lowest BCUT2D eigenvalue weighted by atomic mass is 10.2. The molecule has 0 amide bonds. The van der Waals surface area contributed by atoms with Gasteiger partial charge in [-0.2, -0.15) is 15.7 Å². The standard InChI is InChI=1S/C13H16N2O2S2/c1-3-17-13(16)11-9(2)15-19-12(11)14-6-4-10-5-7-18-8-10/h5,7-8,14H,3-4,6H2,1-2H3. The minimum Gasteiger partial charge on any atom is -0.462 e. The number of carbonyl (C=O) groups excluding carboxylic acids is 1. The molecule has 0 unspecified atom stereocenters. The van der Waals surface area contributed by atoms with E-state index >= 15 is 0 Å². The largest absolute Gasteiger partial charge is 0.462 e. The first kappa shape index (κ1) is 14.0. The fourth-order valence-electron chi connectivity index (χ4n) is 1.69. The molecule has 2 aromatic heterocycles. The highest BCUT2D eigenvalue weighted by molar-refractivity contribution is 7.10. The van der Waals surface area contributed by atoms with Gasteiger partial charge in [0.2, 0.25) is 0 Å². The molecule has 0 saturated carbocycles. The smallest absolute Gasteiger partial charge is 0.343 e. The van der Waals surface area contributed by atoms with Gasteiger partial charge in [-0.1, -0.05) is 0 Å². The second-order valence-corrected chi connectivity index (χ2v) is 5.55. The summed E-state index contributed by atoms with van der Waals surface area (Å²) in [4.78, 5) is 11.8. The van der Waals surface area contributed by atoms with Crippen molar-refractivity contribution in [3.63, 3.8) is 0 Å². The molecule has 0 aliphatic carbocycles. The highest BCUT2D eigenvalue weighted by Crippen LogP contribution is 2.25. The molecule has 2 aromatic rings. The van der Waals surface area contributed by atoms with Gasteiger partial charge in [0.15, 0.2) is 0 Å². The monoisotopic (exact) mass is 296 g/mol. The summed E-state index contributed by atoms with van der Waals surface area (Å²) in [5, 5.41) is 8.27. The minimum absolute atomic E-state index is 0.299. The average molecular weight is 296 g/mol. The van der Waals surface area contributed by atoms with Crippen molar-refractivity contribution in [1.29, 1.82) is 0 Å². The van der Waals surface area contributed by atoms with Gasteiger partial charge in [0, 0.05) is 6.54 Å². The summed E-state index contributed by atoms with van der Waals surface area (Å²) in [7, 11) is 0. The van der Waals surface area contributed by atoms with E-state index < -0.39 is 0 Å². The molecule has 4 nitrogen and oxygen atoms in total. The van der Waals surface area contributed by atoms with Crippen LogP contribution >= 0.6 is 22.9 Å². The zero-order chi connectivity index (χ0) is 13.7. The van der Waals surface area contributed by atoms with Crippen LogP contribution < -0.4 is 5.32 Å². The zero-order valence-electron chi connectivity index (χ0n) is 10.9. The fraction of sp³-hybridized carbons (Fsp3) is 0.385. The van der Waals surface area contributed by atoms with Crippen LogP contribution in [0.15, 0.2) is 16.8 Å². The molecule has 0 aromatic carbocycles. The van der Waals surface area contributed by atoms with Crippen molar-refractivity contribution in [1.82, 2.24) is 4.37 Å². The SMILES string of the molecule is CCOC(=O)c1c(C)nsc1NCCc1ccsc1. The van der Waals surface area contributed by atoms with Crippen LogP contribution in [0.2, 0.25) is 0 Å². The van der Waals surface area contributed by atoms with Crippen molar-refractivity contribution in [3.8, 4) is 0 Å². The number of carbonyl (C=O) groups is 1. The van der Waals surface area contributed by atoms with E-state index in [2.05, 4.69) is 26.5 Å². The van der Waals surface area contributed by atoms with E-state index in [1.165, 1.54) is 17.1 Å². The highest BCUT2D eigenvalue weighted by Gasteiger charge is 2.19. The Kier molecular flexibility index (Phi) is 4.93. The molecule has 6 heteroatoms. The second-order valence-electron chi connectivity index (χ2n) is 4.00. The number of nitrogens with zero attached hydrogens (tertiary/aromatic N) is 1. The van der Waals surface area contributed by atoms with Crippen molar-refractivity contribution in [3.05, 3.63) is 33.6 Å². The molecule has 1 N–H and O–H groups in total. The van der Waals surface area contributed by atoms with Crippen LogP contribution in [-0.4, -0.2) is 23.5 Å². The maximum absolute atomic E-state index is 11.8. The van der Waals surface area contributed by atoms with Crippen LogP contribution in [0.4, 0.5) is 5.00 Å². The van der Waals surface area contributed by atoms with Crippen LogP contribution in [0, 0.1) is 6.92 Å². The van der Waals surface area contributed by atoms with Gasteiger partial charge < -0.3 is 10.1 Å². The Morgan fingerprint density at radius 3 is 3.05 bits per heavy atom. The summed E-state index contributed by atoms with van der Waals surface area (Å²) in [5.74, 6) is -0.299. The molecule has 19 heavy (non-hydrogen) atoms. The van der Waals surface area contributed by atoms with Crippen molar-refractivity contribution < 1.29 is 9.53 Å². The van der Waals surface area contributed by atoms with Crippen LogP contribution in [0.1, 0.15) is 28.5 Å². The van der Waals surface area contributed by atoms with Gasteiger partial charge >= 0.3 is 5.97 Å². The number of aromatic nitrogens is 1. The molecule has 0 radical (unpaired) electrons. The van der Waals surface area contributed by atoms with Gasteiger partial charge in [-0.05, 0) is 54.2 Å². The van der Waals surface area contributed by atoms with E-state index in [9.17, 15) is 4.79 Å². The number of hydrogen-bond donors (Lipinski definition) is 1. The van der Waals surface area contributed by atoms with Gasteiger partial charge in [-0.25, -0.2) is 4.79 Å². The summed E-state index contributed by atoms with van der Waals surface area (Å²) in [6.07, 6.45) is 0.933. The lowest BCUT2D eigenvalue weighted by Gasteiger charge is -2.06. The Morgan fingerprint density at radius 2 is 2.37 bits per heavy atom. The number of nitrogens with one attached hydrogen (secondary N) is 1. The molecule has 0 spiro atoms. The molecule has 0 aliphatic heterocycles. The number of thiophene rings is 1. The number of aryl methyl sites for hydroxylation is 1. The molecule has 0 atom stereocenters. The molecule has 2 rings (SSSR count). The summed E-state index contributed by atoms with van der Waals surface area (Å²) < 4.78 is 9.27. The van der Waals surface area contributed by atoms with E-state index in [0.717, 1.165) is 23.7 Å². The summed E-state index contributed by atoms with van der Waals surface area (Å²) in [5.41, 5.74) is 2.59. The van der Waals surface area contributed by atoms with Crippen molar-refractivity contribution in [2.24, 2.45) is 0 Å². The predicted molar refractivity (Wildman–Crippen MR) is 79.3 cm³/mol. The van der Waals surface area contributed by atoms with E-state index in [1.54, 1.807) is 18.3 Å². The Bertz CT molecular complexity index is 535. The normalized spacial score (nSPS) is 10.4. The van der Waals surface area contributed by atoms with E-state index in [4.69, 9.17) is 4.74 Å². The average Bonchev–Trinajstić information content (AvgIpc) is 3.00. The summed E-state index contributed by atoms with van der Waals surface area (Å²) in [6.45, 7) is 4.79. The Balaban J connectivity index is 1.98. The lowest BCUT2D eigenvalue weighted by Crippen LogP contribution is -2.10. The minimum atomic E-state index is -0.299. The maximum Gasteiger partial charge on any atom is 0.343 e. The molecule has 0 fully saturated rings. The lowest BCUT2D eigenvalue weighted by molar-refractivity contribution is 0.0527. The number of rotatable bonds is 6. The van der Waals surface area contributed by atoms with E-state index in [-0.39, 0.29) is 5.97 Å². The first-order chi connectivity index (χ1) is 9.22. The molecular formula is C13H16N2O2S2. The predicted octanol–water partition coefficient (Wildman–Crippen LogP) is 3.34. The summed E-state index contributed by atoms with van der Waals surface area (Å²) >= 11 is 3.00. The van der Waals surface area contributed by atoms with Gasteiger partial charge in [0.25, 0.3) is 0 Å². The first-order valence-electron chi connectivity index (χ1n) is 6.10. The van der Waals surface area contributed by atoms with Crippen molar-refractivity contribution in [2.45, 2.75) is 20.3 Å². The molecule has 102 valence electrons. The topological polar surface area (TPSA) is 51.2 Å². The quantitative estimate of drug-likeness (QED) is 0.831. The maximum atomic E-state index is 11.8. The third-order valence-corrected chi connectivity index (χ3v) is 4.25. The van der Waals surface area contributed by atoms with E-state index in [1.807, 2.05) is 6.92 Å². The molecule has 0 saturated heterocycles. The molecular weight excluding hydrogens is 280 g/mol. The number of hydrogen-bond acceptors (Lipinski definition) is 6. The number of esters is 1. The van der Waals surface area contributed by atoms with Crippen molar-refractivity contribution >= 4 is 33.8 Å². The van der Waals surface area contributed by atoms with Gasteiger partial charge in [0.05, 0.1) is 12.3 Å². The molecule has 2 heterocycles.